The maximum Gasteiger partial charge on any atom is 0.243 e. The molecule has 1 aliphatic heterocycles. The first kappa shape index (κ1) is 17.9. The van der Waals surface area contributed by atoms with Gasteiger partial charge in [-0.3, -0.25) is 4.79 Å². The number of sulfonamides is 1. The fraction of sp³-hybridized carbons (Fsp3) is 0.588. The number of amides is 1. The summed E-state index contributed by atoms with van der Waals surface area (Å²) < 4.78 is 27.7. The van der Waals surface area contributed by atoms with Crippen LogP contribution in [0.15, 0.2) is 11.0 Å². The zero-order valence-electron chi connectivity index (χ0n) is 14.6. The summed E-state index contributed by atoms with van der Waals surface area (Å²) in [6, 6.07) is 2.03. The van der Waals surface area contributed by atoms with Gasteiger partial charge in [-0.15, -0.1) is 0 Å². The second kappa shape index (κ2) is 6.61. The molecule has 1 aromatic carbocycles. The number of rotatable bonds is 3. The summed E-state index contributed by atoms with van der Waals surface area (Å²) >= 11 is 0. The predicted octanol–water partition coefficient (Wildman–Crippen LogP) is 2.07. The number of piperidine rings is 1. The van der Waals surface area contributed by atoms with Crippen molar-refractivity contribution in [3.63, 3.8) is 0 Å². The van der Waals surface area contributed by atoms with Crippen LogP contribution in [0.1, 0.15) is 35.1 Å². The van der Waals surface area contributed by atoms with Gasteiger partial charge in [-0.2, -0.15) is 4.31 Å². The summed E-state index contributed by atoms with van der Waals surface area (Å²) in [5, 5.41) is 2.65. The fourth-order valence-corrected chi connectivity index (χ4v) is 5.30. The molecule has 0 saturated carbocycles. The van der Waals surface area contributed by atoms with Crippen LogP contribution < -0.4 is 5.32 Å². The number of aryl methyl sites for hydroxylation is 2. The van der Waals surface area contributed by atoms with Crippen LogP contribution in [0.5, 0.6) is 0 Å². The van der Waals surface area contributed by atoms with E-state index in [2.05, 4.69) is 5.32 Å². The Morgan fingerprint density at radius 3 is 2.00 bits per heavy atom. The van der Waals surface area contributed by atoms with Crippen molar-refractivity contribution in [1.29, 1.82) is 0 Å². The molecule has 23 heavy (non-hydrogen) atoms. The smallest absolute Gasteiger partial charge is 0.243 e. The van der Waals surface area contributed by atoms with Crippen molar-refractivity contribution in [3.05, 3.63) is 28.3 Å². The van der Waals surface area contributed by atoms with Crippen LogP contribution in [0.3, 0.4) is 0 Å². The van der Waals surface area contributed by atoms with Gasteiger partial charge in [-0.25, -0.2) is 8.42 Å². The van der Waals surface area contributed by atoms with Crippen molar-refractivity contribution in [2.24, 2.45) is 5.92 Å². The number of hydrogen-bond donors (Lipinski definition) is 1. The maximum absolute atomic E-state index is 13.1. The standard InChI is InChI=1S/C17H26N2O3S/c1-11-10-12(2)14(4)16(13(11)3)23(21,22)19-8-6-15(7-9-19)17(20)18-5/h10,15H,6-9H2,1-5H3,(H,18,20). The van der Waals surface area contributed by atoms with Gasteiger partial charge in [-0.05, 0) is 62.8 Å². The van der Waals surface area contributed by atoms with Gasteiger partial charge in [0.2, 0.25) is 15.9 Å². The molecule has 0 aromatic heterocycles. The van der Waals surface area contributed by atoms with Crippen molar-refractivity contribution in [2.45, 2.75) is 45.4 Å². The lowest BCUT2D eigenvalue weighted by molar-refractivity contribution is -0.125. The first-order valence-corrected chi connectivity index (χ1v) is 9.43. The lowest BCUT2D eigenvalue weighted by atomic mass is 9.97. The number of carbonyl (C=O) groups excluding carboxylic acids is 1. The normalized spacial score (nSPS) is 17.3. The third-order valence-electron chi connectivity index (χ3n) is 4.97. The number of nitrogens with one attached hydrogen (secondary N) is 1. The van der Waals surface area contributed by atoms with Gasteiger partial charge in [0.25, 0.3) is 0 Å². The van der Waals surface area contributed by atoms with Gasteiger partial charge in [0.1, 0.15) is 0 Å². The van der Waals surface area contributed by atoms with Crippen LogP contribution in [-0.4, -0.2) is 38.8 Å². The van der Waals surface area contributed by atoms with Crippen molar-refractivity contribution in [2.75, 3.05) is 20.1 Å². The number of hydrogen-bond acceptors (Lipinski definition) is 3. The van der Waals surface area contributed by atoms with E-state index in [0.29, 0.717) is 30.8 Å². The molecule has 128 valence electrons. The Morgan fingerprint density at radius 2 is 1.57 bits per heavy atom. The average molecular weight is 338 g/mol. The molecule has 1 aliphatic rings. The van der Waals surface area contributed by atoms with Crippen LogP contribution in [0.25, 0.3) is 0 Å². The van der Waals surface area contributed by atoms with E-state index in [1.165, 1.54) is 4.31 Å². The fourth-order valence-electron chi connectivity index (χ4n) is 3.26. The molecular weight excluding hydrogens is 312 g/mol. The maximum atomic E-state index is 13.1. The quantitative estimate of drug-likeness (QED) is 0.917. The highest BCUT2D eigenvalue weighted by Crippen LogP contribution is 2.31. The second-order valence-corrected chi connectivity index (χ2v) is 8.26. The molecule has 0 spiro atoms. The summed E-state index contributed by atoms with van der Waals surface area (Å²) in [5.74, 6) is -0.0892. The van der Waals surface area contributed by atoms with E-state index in [-0.39, 0.29) is 11.8 Å². The van der Waals surface area contributed by atoms with Crippen molar-refractivity contribution in [1.82, 2.24) is 9.62 Å². The molecule has 1 N–H and O–H groups in total. The van der Waals surface area contributed by atoms with Crippen molar-refractivity contribution in [3.8, 4) is 0 Å². The lowest BCUT2D eigenvalue weighted by Crippen LogP contribution is -2.42. The summed E-state index contributed by atoms with van der Waals surface area (Å²) in [5.41, 5.74) is 3.63. The van der Waals surface area contributed by atoms with Gasteiger partial charge in [0.05, 0.1) is 4.90 Å². The molecule has 1 amide bonds. The Hall–Kier alpha value is -1.40. The van der Waals surface area contributed by atoms with E-state index < -0.39 is 10.0 Å². The van der Waals surface area contributed by atoms with Crippen LogP contribution in [0.2, 0.25) is 0 Å². The molecule has 1 heterocycles. The van der Waals surface area contributed by atoms with E-state index in [1.807, 2.05) is 33.8 Å². The molecule has 0 atom stereocenters. The second-order valence-electron chi connectivity index (χ2n) is 6.38. The zero-order chi connectivity index (χ0) is 17.4. The van der Waals surface area contributed by atoms with Gasteiger partial charge >= 0.3 is 0 Å². The van der Waals surface area contributed by atoms with Gasteiger partial charge in [0, 0.05) is 26.1 Å². The van der Waals surface area contributed by atoms with Crippen LogP contribution in [0, 0.1) is 33.6 Å². The third kappa shape index (κ3) is 3.28. The first-order chi connectivity index (χ1) is 10.7. The number of benzene rings is 1. The Kier molecular flexibility index (Phi) is 5.16. The Morgan fingerprint density at radius 1 is 1.09 bits per heavy atom. The van der Waals surface area contributed by atoms with Gasteiger partial charge in [0.15, 0.2) is 0 Å². The predicted molar refractivity (Wildman–Crippen MR) is 90.9 cm³/mol. The van der Waals surface area contributed by atoms with E-state index in [9.17, 15) is 13.2 Å². The average Bonchev–Trinajstić information content (AvgIpc) is 2.52. The number of carbonyl (C=O) groups is 1. The monoisotopic (exact) mass is 338 g/mol. The summed E-state index contributed by atoms with van der Waals surface area (Å²) in [4.78, 5) is 12.1. The molecule has 6 heteroatoms. The summed E-state index contributed by atoms with van der Waals surface area (Å²) in [6.07, 6.45) is 1.14. The zero-order valence-corrected chi connectivity index (χ0v) is 15.4. The highest BCUT2D eigenvalue weighted by Gasteiger charge is 2.33. The lowest BCUT2D eigenvalue weighted by Gasteiger charge is -2.31. The summed E-state index contributed by atoms with van der Waals surface area (Å²) in [7, 11) is -1.90. The molecule has 2 rings (SSSR count). The minimum atomic E-state index is -3.52. The van der Waals surface area contributed by atoms with Gasteiger partial charge < -0.3 is 5.32 Å². The Balaban J connectivity index is 2.33. The largest absolute Gasteiger partial charge is 0.359 e. The topological polar surface area (TPSA) is 66.5 Å². The molecule has 0 unspecified atom stereocenters. The third-order valence-corrected chi connectivity index (χ3v) is 7.14. The van der Waals surface area contributed by atoms with E-state index in [1.54, 1.807) is 7.05 Å². The molecule has 1 saturated heterocycles. The van der Waals surface area contributed by atoms with Crippen LogP contribution in [-0.2, 0) is 14.8 Å². The van der Waals surface area contributed by atoms with Crippen molar-refractivity contribution < 1.29 is 13.2 Å². The first-order valence-electron chi connectivity index (χ1n) is 7.99. The molecular formula is C17H26N2O3S. The van der Waals surface area contributed by atoms with E-state index in [0.717, 1.165) is 22.3 Å². The van der Waals surface area contributed by atoms with Crippen LogP contribution >= 0.6 is 0 Å². The minimum absolute atomic E-state index is 0.000749. The number of nitrogens with zero attached hydrogens (tertiary/aromatic N) is 1. The molecule has 0 radical (unpaired) electrons. The SMILES string of the molecule is CNC(=O)C1CCN(S(=O)(=O)c2c(C)c(C)cc(C)c2C)CC1. The Labute approximate surface area is 139 Å². The van der Waals surface area contributed by atoms with Gasteiger partial charge in [-0.1, -0.05) is 6.07 Å². The van der Waals surface area contributed by atoms with Crippen molar-refractivity contribution >= 4 is 15.9 Å². The highest BCUT2D eigenvalue weighted by molar-refractivity contribution is 7.89. The summed E-state index contributed by atoms with van der Waals surface area (Å²) in [6.45, 7) is 8.41. The molecule has 0 aliphatic carbocycles. The molecule has 5 nitrogen and oxygen atoms in total. The minimum Gasteiger partial charge on any atom is -0.359 e. The molecule has 0 bridgehead atoms. The van der Waals surface area contributed by atoms with E-state index >= 15 is 0 Å². The molecule has 1 aromatic rings. The Bertz CT molecular complexity index is 692. The molecule has 1 fully saturated rings. The van der Waals surface area contributed by atoms with E-state index in [4.69, 9.17) is 0 Å². The van der Waals surface area contributed by atoms with Crippen LogP contribution in [0.4, 0.5) is 0 Å². The highest BCUT2D eigenvalue weighted by atomic mass is 32.2.